The van der Waals surface area contributed by atoms with Crippen LogP contribution in [0.3, 0.4) is 0 Å². The van der Waals surface area contributed by atoms with Gasteiger partial charge in [-0.15, -0.1) is 0 Å². The van der Waals surface area contributed by atoms with E-state index < -0.39 is 20.3 Å². The van der Waals surface area contributed by atoms with E-state index in [4.69, 9.17) is 21.1 Å². The summed E-state index contributed by atoms with van der Waals surface area (Å²) >= 11 is 6.94. The standard InChI is InChI=1S/C20H18ClN3O6S2/c1-29-15-8-7-12(9-16(15)30-2)32(27,28)17-10-22-20(24-19(17)26)31-11-18(25)23-14-6-4-3-5-13(14)21/h3-10H,11H2,1-2H3,(H,23,25)(H,22,24,26). The van der Waals surface area contributed by atoms with Gasteiger partial charge in [-0.25, -0.2) is 13.4 Å². The average molecular weight is 496 g/mol. The number of hydrogen-bond donors (Lipinski definition) is 2. The number of methoxy groups -OCH3 is 2. The smallest absolute Gasteiger partial charge is 0.270 e. The highest BCUT2D eigenvalue weighted by atomic mass is 35.5. The van der Waals surface area contributed by atoms with Crippen molar-refractivity contribution in [1.29, 1.82) is 0 Å². The number of carbonyl (C=O) groups excluding carboxylic acids is 1. The summed E-state index contributed by atoms with van der Waals surface area (Å²) in [7, 11) is -1.37. The molecule has 0 spiro atoms. The van der Waals surface area contributed by atoms with Gasteiger partial charge in [-0.1, -0.05) is 35.5 Å². The van der Waals surface area contributed by atoms with Gasteiger partial charge in [-0.3, -0.25) is 9.59 Å². The summed E-state index contributed by atoms with van der Waals surface area (Å²) in [6.07, 6.45) is 0.958. The molecule has 1 heterocycles. The van der Waals surface area contributed by atoms with Crippen molar-refractivity contribution in [2.75, 3.05) is 25.3 Å². The molecule has 0 aliphatic rings. The highest BCUT2D eigenvalue weighted by Gasteiger charge is 2.24. The third kappa shape index (κ3) is 5.23. The Morgan fingerprint density at radius 1 is 1.16 bits per heavy atom. The van der Waals surface area contributed by atoms with Crippen molar-refractivity contribution in [2.45, 2.75) is 14.9 Å². The molecule has 0 unspecified atom stereocenters. The number of nitrogens with zero attached hydrogens (tertiary/aromatic N) is 1. The van der Waals surface area contributed by atoms with Crippen LogP contribution in [0.1, 0.15) is 0 Å². The van der Waals surface area contributed by atoms with Gasteiger partial charge in [-0.2, -0.15) is 0 Å². The van der Waals surface area contributed by atoms with Gasteiger partial charge < -0.3 is 19.8 Å². The van der Waals surface area contributed by atoms with Gasteiger partial charge in [0.1, 0.15) is 0 Å². The van der Waals surface area contributed by atoms with E-state index in [9.17, 15) is 18.0 Å². The molecule has 1 aromatic heterocycles. The van der Waals surface area contributed by atoms with Gasteiger partial charge in [0, 0.05) is 6.07 Å². The first kappa shape index (κ1) is 23.6. The minimum Gasteiger partial charge on any atom is -0.493 e. The molecular weight excluding hydrogens is 478 g/mol. The Bertz CT molecular complexity index is 1310. The van der Waals surface area contributed by atoms with Crippen molar-refractivity contribution >= 4 is 44.8 Å². The average Bonchev–Trinajstić information content (AvgIpc) is 2.78. The third-order valence-corrected chi connectivity index (χ3v) is 7.15. The zero-order valence-electron chi connectivity index (χ0n) is 16.9. The Morgan fingerprint density at radius 3 is 2.53 bits per heavy atom. The SMILES string of the molecule is COc1ccc(S(=O)(=O)c2cnc(SCC(=O)Nc3ccccc3Cl)[nH]c2=O)cc1OC. The number of halogens is 1. The minimum atomic E-state index is -4.17. The van der Waals surface area contributed by atoms with E-state index in [2.05, 4.69) is 15.3 Å². The monoisotopic (exact) mass is 495 g/mol. The summed E-state index contributed by atoms with van der Waals surface area (Å²) in [5.74, 6) is 0.110. The fraction of sp³-hybridized carbons (Fsp3) is 0.150. The van der Waals surface area contributed by atoms with E-state index in [0.717, 1.165) is 18.0 Å². The van der Waals surface area contributed by atoms with Crippen LogP contribution in [0.15, 0.2) is 68.4 Å². The molecule has 0 aliphatic heterocycles. The third-order valence-electron chi connectivity index (χ3n) is 4.19. The molecule has 0 fully saturated rings. The van der Waals surface area contributed by atoms with Gasteiger partial charge in [0.2, 0.25) is 15.7 Å². The predicted molar refractivity (Wildman–Crippen MR) is 121 cm³/mol. The number of anilines is 1. The van der Waals surface area contributed by atoms with Crippen LogP contribution in [0.25, 0.3) is 0 Å². The van der Waals surface area contributed by atoms with E-state index in [0.29, 0.717) is 16.5 Å². The maximum atomic E-state index is 12.9. The van der Waals surface area contributed by atoms with Crippen LogP contribution in [0.4, 0.5) is 5.69 Å². The highest BCUT2D eigenvalue weighted by molar-refractivity contribution is 7.99. The molecule has 1 amide bonds. The molecule has 3 aromatic rings. The molecule has 0 atom stereocenters. The van der Waals surface area contributed by atoms with Gasteiger partial charge in [0.25, 0.3) is 5.56 Å². The van der Waals surface area contributed by atoms with Crippen molar-refractivity contribution in [1.82, 2.24) is 9.97 Å². The fourth-order valence-electron chi connectivity index (χ4n) is 2.63. The second-order valence-corrected chi connectivity index (χ2v) is 9.51. The number of hydrogen-bond acceptors (Lipinski definition) is 8. The highest BCUT2D eigenvalue weighted by Crippen LogP contribution is 2.31. The number of carbonyl (C=O) groups is 1. The lowest BCUT2D eigenvalue weighted by Gasteiger charge is -2.10. The van der Waals surface area contributed by atoms with E-state index in [-0.39, 0.29) is 27.5 Å². The number of aromatic amines is 1. The number of rotatable bonds is 8. The number of para-hydroxylation sites is 1. The van der Waals surface area contributed by atoms with Gasteiger partial charge >= 0.3 is 0 Å². The predicted octanol–water partition coefficient (Wildman–Crippen LogP) is 3.00. The number of amides is 1. The molecule has 0 saturated carbocycles. The van der Waals surface area contributed by atoms with Crippen LogP contribution in [0, 0.1) is 0 Å². The Hall–Kier alpha value is -3.02. The maximum absolute atomic E-state index is 12.9. The van der Waals surface area contributed by atoms with Crippen LogP contribution in [0.5, 0.6) is 11.5 Å². The fourth-order valence-corrected chi connectivity index (χ4v) is 4.69. The van der Waals surface area contributed by atoms with Crippen LogP contribution < -0.4 is 20.3 Å². The van der Waals surface area contributed by atoms with Crippen LogP contribution in [-0.4, -0.2) is 44.3 Å². The molecule has 2 N–H and O–H groups in total. The normalized spacial score (nSPS) is 11.1. The van der Waals surface area contributed by atoms with Crippen LogP contribution in [-0.2, 0) is 14.6 Å². The van der Waals surface area contributed by atoms with Gasteiger partial charge in [-0.05, 0) is 24.3 Å². The number of aromatic nitrogens is 2. The first-order valence-corrected chi connectivity index (χ1v) is 11.8. The molecule has 0 aliphatic carbocycles. The van der Waals surface area contributed by atoms with Crippen molar-refractivity contribution in [2.24, 2.45) is 0 Å². The number of benzene rings is 2. The van der Waals surface area contributed by atoms with Crippen molar-refractivity contribution < 1.29 is 22.7 Å². The molecule has 0 saturated heterocycles. The summed E-state index contributed by atoms with van der Waals surface area (Å²) in [6, 6.07) is 10.7. The molecule has 32 heavy (non-hydrogen) atoms. The summed E-state index contributed by atoms with van der Waals surface area (Å²) in [6.45, 7) is 0. The number of nitrogens with one attached hydrogen (secondary N) is 2. The van der Waals surface area contributed by atoms with E-state index in [1.807, 2.05) is 0 Å². The summed E-state index contributed by atoms with van der Waals surface area (Å²) in [4.78, 5) is 30.2. The topological polar surface area (TPSA) is 127 Å². The van der Waals surface area contributed by atoms with Crippen molar-refractivity contribution in [3.05, 3.63) is 64.0 Å². The second kappa shape index (κ2) is 10.1. The lowest BCUT2D eigenvalue weighted by Crippen LogP contribution is -2.20. The lowest BCUT2D eigenvalue weighted by atomic mass is 10.3. The van der Waals surface area contributed by atoms with Crippen LogP contribution >= 0.6 is 23.4 Å². The van der Waals surface area contributed by atoms with Gasteiger partial charge in [0.05, 0.1) is 41.8 Å². The van der Waals surface area contributed by atoms with E-state index in [1.165, 1.54) is 32.4 Å². The Labute approximate surface area is 193 Å². The minimum absolute atomic E-state index is 0.0735. The molecule has 0 bridgehead atoms. The molecular formula is C20H18ClN3O6S2. The first-order chi connectivity index (χ1) is 15.3. The quantitative estimate of drug-likeness (QED) is 0.360. The summed E-state index contributed by atoms with van der Waals surface area (Å²) in [5.41, 5.74) is -0.402. The van der Waals surface area contributed by atoms with Crippen molar-refractivity contribution in [3.8, 4) is 11.5 Å². The number of thioether (sulfide) groups is 1. The molecule has 0 radical (unpaired) electrons. The number of ether oxygens (including phenoxy) is 2. The summed E-state index contributed by atoms with van der Waals surface area (Å²) < 4.78 is 36.0. The molecule has 3 rings (SSSR count). The Kier molecular flexibility index (Phi) is 7.44. The lowest BCUT2D eigenvalue weighted by molar-refractivity contribution is -0.113. The number of H-pyrrole nitrogens is 1. The molecule has 12 heteroatoms. The van der Waals surface area contributed by atoms with Crippen LogP contribution in [0.2, 0.25) is 5.02 Å². The second-order valence-electron chi connectivity index (χ2n) is 6.22. The van der Waals surface area contributed by atoms with Gasteiger partial charge in [0.15, 0.2) is 21.6 Å². The first-order valence-electron chi connectivity index (χ1n) is 9.00. The zero-order chi connectivity index (χ0) is 23.3. The Balaban J connectivity index is 1.75. The summed E-state index contributed by atoms with van der Waals surface area (Å²) in [5, 5.41) is 3.13. The van der Waals surface area contributed by atoms with E-state index in [1.54, 1.807) is 24.3 Å². The molecule has 9 nitrogen and oxygen atoms in total. The maximum Gasteiger partial charge on any atom is 0.270 e. The molecule has 2 aromatic carbocycles. The number of sulfone groups is 1. The Morgan fingerprint density at radius 2 is 1.88 bits per heavy atom. The largest absolute Gasteiger partial charge is 0.493 e. The van der Waals surface area contributed by atoms with E-state index >= 15 is 0 Å². The molecule has 168 valence electrons. The van der Waals surface area contributed by atoms with Crippen molar-refractivity contribution in [3.63, 3.8) is 0 Å². The zero-order valence-corrected chi connectivity index (χ0v) is 19.3.